The van der Waals surface area contributed by atoms with Crippen LogP contribution < -0.4 is 9.47 Å². The highest BCUT2D eigenvalue weighted by Crippen LogP contribution is 2.29. The van der Waals surface area contributed by atoms with Crippen LogP contribution in [0, 0.1) is 0 Å². The minimum Gasteiger partial charge on any atom is -0.486 e. The lowest BCUT2D eigenvalue weighted by molar-refractivity contribution is -0.274. The lowest BCUT2D eigenvalue weighted by atomic mass is 9.87. The Labute approximate surface area is 212 Å². The highest BCUT2D eigenvalue weighted by atomic mass is 19.4. The lowest BCUT2D eigenvalue weighted by Gasteiger charge is -2.19. The smallest absolute Gasteiger partial charge is 0.486 e. The topological polar surface area (TPSA) is 49.2 Å². The van der Waals surface area contributed by atoms with Gasteiger partial charge in [0.1, 0.15) is 23.9 Å². The van der Waals surface area contributed by atoms with Gasteiger partial charge in [0.25, 0.3) is 0 Å². The monoisotopic (exact) mass is 505 g/mol. The Morgan fingerprint density at radius 1 is 0.811 bits per heavy atom. The maximum Gasteiger partial charge on any atom is 0.573 e. The Balaban J connectivity index is 1.49. The van der Waals surface area contributed by atoms with Crippen molar-refractivity contribution in [1.82, 2.24) is 14.5 Å². The average Bonchev–Trinajstić information content (AvgIpc) is 3.20. The van der Waals surface area contributed by atoms with Gasteiger partial charge in [-0.1, -0.05) is 45.0 Å². The molecule has 8 heteroatoms. The number of fused-ring (bicyclic) bond motifs is 3. The third kappa shape index (κ3) is 5.53. The zero-order chi connectivity index (χ0) is 26.2. The van der Waals surface area contributed by atoms with Crippen LogP contribution in [0.25, 0.3) is 21.9 Å². The average molecular weight is 506 g/mol. The summed E-state index contributed by atoms with van der Waals surface area (Å²) in [6.07, 6.45) is -3.00. The third-order valence-corrected chi connectivity index (χ3v) is 6.15. The van der Waals surface area contributed by atoms with Crippen molar-refractivity contribution < 1.29 is 22.6 Å². The highest BCUT2D eigenvalue weighted by Gasteiger charge is 2.31. The van der Waals surface area contributed by atoms with Crippen molar-refractivity contribution in [2.75, 3.05) is 0 Å². The summed E-state index contributed by atoms with van der Waals surface area (Å²) in [5, 5.41) is 0.935. The number of benzene rings is 3. The fourth-order valence-electron chi connectivity index (χ4n) is 4.29. The molecule has 0 aliphatic heterocycles. The molecule has 5 nitrogen and oxygen atoms in total. The largest absolute Gasteiger partial charge is 0.573 e. The molecule has 2 heterocycles. The normalized spacial score (nSPS) is 12.3. The van der Waals surface area contributed by atoms with Gasteiger partial charge in [0.05, 0.1) is 16.6 Å². The number of pyridine rings is 1. The van der Waals surface area contributed by atoms with E-state index in [4.69, 9.17) is 9.72 Å². The molecule has 0 radical (unpaired) electrons. The van der Waals surface area contributed by atoms with Gasteiger partial charge >= 0.3 is 6.36 Å². The molecule has 0 atom stereocenters. The summed E-state index contributed by atoms with van der Waals surface area (Å²) in [6.45, 7) is 7.09. The van der Waals surface area contributed by atoms with Crippen molar-refractivity contribution in [3.63, 3.8) is 0 Å². The third-order valence-electron chi connectivity index (χ3n) is 6.15. The molecule has 0 saturated heterocycles. The SMILES string of the molecule is CC(C)(C)c1ccc(OCc2nc3ccc4ncccc4c3n2Cc2ccc(OC(F)(F)F)cc2)cc1. The van der Waals surface area contributed by atoms with Crippen molar-refractivity contribution in [3.05, 3.63) is 95.9 Å². The van der Waals surface area contributed by atoms with Gasteiger partial charge in [0.15, 0.2) is 0 Å². The van der Waals surface area contributed by atoms with Crippen LogP contribution in [0.2, 0.25) is 0 Å². The number of aromatic nitrogens is 3. The van der Waals surface area contributed by atoms with Crippen LogP contribution in [-0.2, 0) is 18.6 Å². The zero-order valence-corrected chi connectivity index (χ0v) is 20.7. The predicted octanol–water partition coefficient (Wildman–Crippen LogP) is 7.41. The molecule has 0 spiro atoms. The number of halogens is 3. The molecular weight excluding hydrogens is 479 g/mol. The number of hydrogen-bond acceptors (Lipinski definition) is 4. The molecule has 3 aromatic carbocycles. The number of hydrogen-bond donors (Lipinski definition) is 0. The van der Waals surface area contributed by atoms with E-state index in [9.17, 15) is 13.2 Å². The number of nitrogens with zero attached hydrogens (tertiary/aromatic N) is 3. The van der Waals surface area contributed by atoms with Crippen LogP contribution in [0.3, 0.4) is 0 Å². The van der Waals surface area contributed by atoms with Crippen molar-refractivity contribution in [2.45, 2.75) is 45.7 Å². The lowest BCUT2D eigenvalue weighted by Crippen LogP contribution is -2.17. The van der Waals surface area contributed by atoms with Crippen LogP contribution in [0.1, 0.15) is 37.7 Å². The van der Waals surface area contributed by atoms with Gasteiger partial charge in [-0.05, 0) is 65.1 Å². The van der Waals surface area contributed by atoms with E-state index < -0.39 is 6.36 Å². The molecule has 0 aliphatic rings. The number of alkyl halides is 3. The Morgan fingerprint density at radius 2 is 1.49 bits per heavy atom. The molecule has 5 rings (SSSR count). The summed E-state index contributed by atoms with van der Waals surface area (Å²) < 4.78 is 49.9. The van der Waals surface area contributed by atoms with Crippen molar-refractivity contribution in [3.8, 4) is 11.5 Å². The molecule has 0 unspecified atom stereocenters. The first-order valence-electron chi connectivity index (χ1n) is 11.9. The Morgan fingerprint density at radius 3 is 2.16 bits per heavy atom. The van der Waals surface area contributed by atoms with Crippen LogP contribution in [0.4, 0.5) is 13.2 Å². The maximum absolute atomic E-state index is 12.6. The second kappa shape index (κ2) is 9.42. The summed E-state index contributed by atoms with van der Waals surface area (Å²) in [5.41, 5.74) is 4.56. The first-order valence-corrected chi connectivity index (χ1v) is 11.9. The van der Waals surface area contributed by atoms with Gasteiger partial charge in [0, 0.05) is 18.1 Å². The van der Waals surface area contributed by atoms with Gasteiger partial charge < -0.3 is 14.0 Å². The molecular formula is C29H26F3N3O2. The number of rotatable bonds is 6. The van der Waals surface area contributed by atoms with E-state index in [1.807, 2.05) is 41.0 Å². The van der Waals surface area contributed by atoms with E-state index in [2.05, 4.69) is 42.6 Å². The van der Waals surface area contributed by atoms with E-state index >= 15 is 0 Å². The Hall–Kier alpha value is -4.07. The summed E-state index contributed by atoms with van der Waals surface area (Å²) in [6, 6.07) is 21.6. The molecule has 0 fully saturated rings. The van der Waals surface area contributed by atoms with Crippen LogP contribution >= 0.6 is 0 Å². The second-order valence-corrected chi connectivity index (χ2v) is 9.87. The van der Waals surface area contributed by atoms with Crippen molar-refractivity contribution in [1.29, 1.82) is 0 Å². The first-order chi connectivity index (χ1) is 17.6. The fourth-order valence-corrected chi connectivity index (χ4v) is 4.29. The molecule has 0 N–H and O–H groups in total. The van der Waals surface area contributed by atoms with E-state index in [0.717, 1.165) is 33.2 Å². The molecule has 0 saturated carbocycles. The van der Waals surface area contributed by atoms with Crippen molar-refractivity contribution in [2.24, 2.45) is 0 Å². The first kappa shape index (κ1) is 24.6. The van der Waals surface area contributed by atoms with Gasteiger partial charge in [0.2, 0.25) is 0 Å². The molecule has 190 valence electrons. The highest BCUT2D eigenvalue weighted by molar-refractivity contribution is 6.03. The molecule has 0 amide bonds. The van der Waals surface area contributed by atoms with Gasteiger partial charge in [-0.25, -0.2) is 4.98 Å². The molecule has 5 aromatic rings. The van der Waals surface area contributed by atoms with Crippen LogP contribution in [0.15, 0.2) is 79.0 Å². The quantitative estimate of drug-likeness (QED) is 0.241. The fraction of sp³-hybridized carbons (Fsp3) is 0.241. The van der Waals surface area contributed by atoms with Gasteiger partial charge in [-0.15, -0.1) is 13.2 Å². The van der Waals surface area contributed by atoms with Crippen LogP contribution in [-0.4, -0.2) is 20.9 Å². The van der Waals surface area contributed by atoms with Gasteiger partial charge in [-0.3, -0.25) is 4.98 Å². The zero-order valence-electron chi connectivity index (χ0n) is 20.7. The standard InChI is InChI=1S/C29H26F3N3O2/c1-28(2,3)20-8-12-21(13-9-20)36-18-26-34-25-15-14-24-23(5-4-16-33-24)27(25)35(26)17-19-6-10-22(11-7-19)37-29(30,31)32/h4-16H,17-18H2,1-3H3. The molecule has 2 aromatic heterocycles. The molecule has 0 aliphatic carbocycles. The molecule has 0 bridgehead atoms. The van der Waals surface area contributed by atoms with Crippen LogP contribution in [0.5, 0.6) is 11.5 Å². The predicted molar refractivity (Wildman–Crippen MR) is 137 cm³/mol. The summed E-state index contributed by atoms with van der Waals surface area (Å²) in [7, 11) is 0. The summed E-state index contributed by atoms with van der Waals surface area (Å²) in [5.74, 6) is 1.16. The summed E-state index contributed by atoms with van der Waals surface area (Å²) >= 11 is 0. The minimum atomic E-state index is -4.73. The molecule has 37 heavy (non-hydrogen) atoms. The van der Waals surface area contributed by atoms with Gasteiger partial charge in [-0.2, -0.15) is 0 Å². The minimum absolute atomic E-state index is 0.0439. The number of ether oxygens (including phenoxy) is 2. The maximum atomic E-state index is 12.6. The van der Waals surface area contributed by atoms with E-state index in [0.29, 0.717) is 12.4 Å². The second-order valence-electron chi connectivity index (χ2n) is 9.87. The van der Waals surface area contributed by atoms with E-state index in [1.54, 1.807) is 18.3 Å². The Bertz CT molecular complexity index is 1530. The number of imidazole rings is 1. The van der Waals surface area contributed by atoms with Crippen molar-refractivity contribution >= 4 is 21.9 Å². The van der Waals surface area contributed by atoms with E-state index in [-0.39, 0.29) is 17.8 Å². The van der Waals surface area contributed by atoms with E-state index in [1.165, 1.54) is 17.7 Å². The Kier molecular flexibility index (Phi) is 6.27. The summed E-state index contributed by atoms with van der Waals surface area (Å²) in [4.78, 5) is 9.29.